The van der Waals surface area contributed by atoms with Gasteiger partial charge in [-0.05, 0) is 42.4 Å². The normalized spacial score (nSPS) is 17.6. The number of nitro benzene ring substituents is 1. The van der Waals surface area contributed by atoms with E-state index in [0.29, 0.717) is 12.4 Å². The van der Waals surface area contributed by atoms with Crippen molar-refractivity contribution in [1.82, 2.24) is 14.9 Å². The molecule has 1 saturated heterocycles. The van der Waals surface area contributed by atoms with E-state index in [1.165, 1.54) is 17.0 Å². The standard InChI is InChI=1S/C13H12ClN5O4S/c14-8-4-7(11(20)9(5-8)19(21)22)6-15-18-12(16-17-13(18)24)10-2-1-3-23-10/h4-6,10,20H,1-3H2,(H,17,24)/p-1/b15-6-/t10-/m0/s1. The summed E-state index contributed by atoms with van der Waals surface area (Å²) in [6, 6.07) is 2.30. The maximum absolute atomic E-state index is 12.1. The summed E-state index contributed by atoms with van der Waals surface area (Å²) in [4.78, 5) is 10.1. The zero-order valence-corrected chi connectivity index (χ0v) is 13.7. The third-order valence-electron chi connectivity index (χ3n) is 3.46. The molecule has 0 bridgehead atoms. The van der Waals surface area contributed by atoms with Crippen molar-refractivity contribution >= 4 is 35.7 Å². The molecule has 1 fully saturated rings. The lowest BCUT2D eigenvalue weighted by molar-refractivity contribution is -0.398. The SMILES string of the molecule is O=[N+]([O-])c1cc(Cl)cc(/C=N\n2c([C@@H]3CCCO3)n[nH]c2=S)c1[O-]. The summed E-state index contributed by atoms with van der Waals surface area (Å²) in [7, 11) is 0. The van der Waals surface area contributed by atoms with Gasteiger partial charge >= 0.3 is 0 Å². The van der Waals surface area contributed by atoms with Crippen molar-refractivity contribution in [3.8, 4) is 5.75 Å². The number of nitrogens with zero attached hydrogens (tertiary/aromatic N) is 4. The first kappa shape index (κ1) is 16.6. The highest BCUT2D eigenvalue weighted by Crippen LogP contribution is 2.30. The van der Waals surface area contributed by atoms with Gasteiger partial charge in [0, 0.05) is 17.7 Å². The number of halogens is 1. The molecule has 126 valence electrons. The van der Waals surface area contributed by atoms with E-state index >= 15 is 0 Å². The number of H-pyrrole nitrogens is 1. The van der Waals surface area contributed by atoms with E-state index in [1.54, 1.807) is 0 Å². The van der Waals surface area contributed by atoms with Gasteiger partial charge in [-0.3, -0.25) is 15.2 Å². The summed E-state index contributed by atoms with van der Waals surface area (Å²) in [6.07, 6.45) is 2.62. The van der Waals surface area contributed by atoms with E-state index in [0.717, 1.165) is 18.9 Å². The van der Waals surface area contributed by atoms with Crippen LogP contribution in [0.5, 0.6) is 5.75 Å². The monoisotopic (exact) mass is 368 g/mol. The zero-order valence-electron chi connectivity index (χ0n) is 12.1. The number of aromatic amines is 1. The molecule has 1 aliphatic heterocycles. The second-order valence-corrected chi connectivity index (χ2v) is 5.87. The van der Waals surface area contributed by atoms with E-state index in [2.05, 4.69) is 15.3 Å². The molecule has 11 heteroatoms. The molecule has 2 heterocycles. The number of nitrogens with one attached hydrogen (secondary N) is 1. The summed E-state index contributed by atoms with van der Waals surface area (Å²) < 4.78 is 7.10. The average Bonchev–Trinajstić information content (AvgIpc) is 3.17. The van der Waals surface area contributed by atoms with Crippen LogP contribution in [0, 0.1) is 14.9 Å². The Hall–Kier alpha value is -2.30. The van der Waals surface area contributed by atoms with Gasteiger partial charge < -0.3 is 9.84 Å². The Balaban J connectivity index is 1.99. The summed E-state index contributed by atoms with van der Waals surface area (Å²) in [5, 5.41) is 33.9. The zero-order chi connectivity index (χ0) is 17.3. The molecule has 3 rings (SSSR count). The topological polar surface area (TPSA) is 121 Å². The Bertz CT molecular complexity index is 872. The van der Waals surface area contributed by atoms with Crippen LogP contribution >= 0.6 is 23.8 Å². The van der Waals surface area contributed by atoms with Crippen LogP contribution in [-0.2, 0) is 4.74 Å². The molecule has 1 aliphatic rings. The molecule has 24 heavy (non-hydrogen) atoms. The second kappa shape index (κ2) is 6.67. The van der Waals surface area contributed by atoms with E-state index in [9.17, 15) is 15.2 Å². The van der Waals surface area contributed by atoms with Crippen molar-refractivity contribution in [3.05, 3.63) is 43.4 Å². The molecule has 0 radical (unpaired) electrons. The maximum Gasteiger partial charge on any atom is 0.263 e. The van der Waals surface area contributed by atoms with Crippen LogP contribution in [0.2, 0.25) is 5.02 Å². The lowest BCUT2D eigenvalue weighted by Gasteiger charge is -2.11. The van der Waals surface area contributed by atoms with Crippen molar-refractivity contribution < 1.29 is 14.8 Å². The highest BCUT2D eigenvalue weighted by atomic mass is 35.5. The summed E-state index contributed by atoms with van der Waals surface area (Å²) >= 11 is 10.9. The van der Waals surface area contributed by atoms with Gasteiger partial charge in [-0.25, -0.2) is 0 Å². The lowest BCUT2D eigenvalue weighted by Crippen LogP contribution is -2.06. The molecule has 0 spiro atoms. The van der Waals surface area contributed by atoms with Crippen molar-refractivity contribution in [2.45, 2.75) is 18.9 Å². The third kappa shape index (κ3) is 3.16. The molecule has 1 atom stereocenters. The number of aromatic nitrogens is 3. The quantitative estimate of drug-likeness (QED) is 0.382. The number of ether oxygens (including phenoxy) is 1. The molecular weight excluding hydrogens is 358 g/mol. The molecule has 1 aromatic carbocycles. The Labute approximate surface area is 145 Å². The predicted molar refractivity (Wildman–Crippen MR) is 85.9 cm³/mol. The Kier molecular flexibility index (Phi) is 4.60. The van der Waals surface area contributed by atoms with Crippen molar-refractivity contribution in [3.63, 3.8) is 0 Å². The van der Waals surface area contributed by atoms with Crippen molar-refractivity contribution in [2.24, 2.45) is 5.10 Å². The van der Waals surface area contributed by atoms with Gasteiger partial charge in [-0.1, -0.05) is 11.6 Å². The number of hydrogen-bond acceptors (Lipinski definition) is 7. The minimum Gasteiger partial charge on any atom is -0.867 e. The molecule has 9 nitrogen and oxygen atoms in total. The molecule has 0 aliphatic carbocycles. The fourth-order valence-corrected chi connectivity index (χ4v) is 2.76. The van der Waals surface area contributed by atoms with E-state index < -0.39 is 16.4 Å². The highest BCUT2D eigenvalue weighted by molar-refractivity contribution is 7.71. The van der Waals surface area contributed by atoms with Crippen LogP contribution < -0.4 is 5.11 Å². The third-order valence-corrected chi connectivity index (χ3v) is 3.95. The highest BCUT2D eigenvalue weighted by Gasteiger charge is 2.23. The molecule has 0 amide bonds. The largest absolute Gasteiger partial charge is 0.867 e. The van der Waals surface area contributed by atoms with Crippen LogP contribution in [0.3, 0.4) is 0 Å². The van der Waals surface area contributed by atoms with Gasteiger partial charge in [0.15, 0.2) is 5.82 Å². The van der Waals surface area contributed by atoms with Gasteiger partial charge in [-0.15, -0.1) is 0 Å². The Morgan fingerprint density at radius 3 is 3.04 bits per heavy atom. The smallest absolute Gasteiger partial charge is 0.263 e. The van der Waals surface area contributed by atoms with Gasteiger partial charge in [-0.2, -0.15) is 14.9 Å². The van der Waals surface area contributed by atoms with Crippen LogP contribution in [-0.4, -0.2) is 32.6 Å². The fraction of sp³-hybridized carbons (Fsp3) is 0.308. The van der Waals surface area contributed by atoms with Crippen LogP contribution in [0.1, 0.15) is 30.3 Å². The Morgan fingerprint density at radius 2 is 2.38 bits per heavy atom. The molecular formula is C13H11ClN5O4S-. The van der Waals surface area contributed by atoms with E-state index in [4.69, 9.17) is 28.6 Å². The van der Waals surface area contributed by atoms with Crippen molar-refractivity contribution in [2.75, 3.05) is 6.61 Å². The molecule has 0 saturated carbocycles. The minimum absolute atomic E-state index is 0.0180. The Morgan fingerprint density at radius 1 is 1.58 bits per heavy atom. The van der Waals surface area contributed by atoms with Crippen LogP contribution in [0.4, 0.5) is 5.69 Å². The summed E-state index contributed by atoms with van der Waals surface area (Å²) in [5.74, 6) is -0.292. The van der Waals surface area contributed by atoms with E-state index in [1.807, 2.05) is 0 Å². The number of benzene rings is 1. The number of rotatable bonds is 4. The first-order valence-corrected chi connectivity index (χ1v) is 7.74. The van der Waals surface area contributed by atoms with Gasteiger partial charge in [0.2, 0.25) is 4.77 Å². The average molecular weight is 369 g/mol. The van der Waals surface area contributed by atoms with Crippen LogP contribution in [0.15, 0.2) is 17.2 Å². The summed E-state index contributed by atoms with van der Waals surface area (Å²) in [6.45, 7) is 0.624. The summed E-state index contributed by atoms with van der Waals surface area (Å²) in [5.41, 5.74) is -0.630. The molecule has 1 aromatic heterocycles. The van der Waals surface area contributed by atoms with Gasteiger partial charge in [0.1, 0.15) is 6.10 Å². The first-order chi connectivity index (χ1) is 11.5. The van der Waals surface area contributed by atoms with Crippen molar-refractivity contribution in [1.29, 1.82) is 0 Å². The first-order valence-electron chi connectivity index (χ1n) is 6.95. The number of hydrogen-bond donors (Lipinski definition) is 1. The lowest BCUT2D eigenvalue weighted by atomic mass is 10.2. The van der Waals surface area contributed by atoms with Gasteiger partial charge in [0.05, 0.1) is 11.1 Å². The van der Waals surface area contributed by atoms with Gasteiger partial charge in [0.25, 0.3) is 5.69 Å². The van der Waals surface area contributed by atoms with E-state index in [-0.39, 0.29) is 21.5 Å². The second-order valence-electron chi connectivity index (χ2n) is 5.05. The number of nitro groups is 1. The predicted octanol–water partition coefficient (Wildman–Crippen LogP) is 2.31. The molecule has 1 N–H and O–H groups in total. The maximum atomic E-state index is 12.1. The molecule has 0 unspecified atom stereocenters. The van der Waals surface area contributed by atoms with Crippen LogP contribution in [0.25, 0.3) is 0 Å². The minimum atomic E-state index is -0.785. The molecule has 2 aromatic rings. The fourth-order valence-electron chi connectivity index (χ4n) is 2.36.